The van der Waals surface area contributed by atoms with Gasteiger partial charge in [-0.05, 0) is 69.8 Å². The highest BCUT2D eigenvalue weighted by Crippen LogP contribution is 2.46. The van der Waals surface area contributed by atoms with E-state index in [1.807, 2.05) is 16.9 Å². The van der Waals surface area contributed by atoms with E-state index in [9.17, 15) is 15.2 Å². The number of aromatic nitrogens is 3. The van der Waals surface area contributed by atoms with Crippen molar-refractivity contribution in [2.24, 2.45) is 11.8 Å². The van der Waals surface area contributed by atoms with Gasteiger partial charge in [0.25, 0.3) is 0 Å². The van der Waals surface area contributed by atoms with Gasteiger partial charge in [0.2, 0.25) is 5.91 Å². The molecule has 5 aliphatic rings. The summed E-state index contributed by atoms with van der Waals surface area (Å²) >= 11 is 0. The van der Waals surface area contributed by atoms with E-state index in [0.717, 1.165) is 87.2 Å². The third kappa shape index (κ3) is 4.07. The molecule has 188 valence electrons. The van der Waals surface area contributed by atoms with Crippen LogP contribution in [0.5, 0.6) is 0 Å². The molecular formula is C28H34N6O2. The predicted molar refractivity (Wildman–Crippen MR) is 134 cm³/mol. The lowest BCUT2D eigenvalue weighted by Crippen LogP contribution is -2.57. The Kier molecular flexibility index (Phi) is 5.32. The molecule has 1 aliphatic heterocycles. The highest BCUT2D eigenvalue weighted by molar-refractivity contribution is 5.82. The van der Waals surface area contributed by atoms with Crippen LogP contribution in [0.3, 0.4) is 0 Å². The zero-order valence-electron chi connectivity index (χ0n) is 20.7. The van der Waals surface area contributed by atoms with Crippen molar-refractivity contribution in [2.45, 2.75) is 81.9 Å². The monoisotopic (exact) mass is 486 g/mol. The molecule has 0 radical (unpaired) electrons. The fourth-order valence-corrected chi connectivity index (χ4v) is 6.32. The summed E-state index contributed by atoms with van der Waals surface area (Å²) in [4.78, 5) is 22.6. The van der Waals surface area contributed by atoms with Crippen LogP contribution in [-0.4, -0.2) is 62.5 Å². The fraction of sp³-hybridized carbons (Fsp3) is 0.643. The lowest BCUT2D eigenvalue weighted by atomic mass is 10.0. The van der Waals surface area contributed by atoms with Crippen LogP contribution in [0.1, 0.15) is 81.0 Å². The minimum atomic E-state index is -0.240. The van der Waals surface area contributed by atoms with Crippen molar-refractivity contribution in [1.29, 1.82) is 5.26 Å². The van der Waals surface area contributed by atoms with Crippen molar-refractivity contribution < 1.29 is 9.90 Å². The van der Waals surface area contributed by atoms with Gasteiger partial charge in [-0.2, -0.15) is 10.4 Å². The van der Waals surface area contributed by atoms with Crippen molar-refractivity contribution in [3.8, 4) is 17.2 Å². The Bertz CT molecular complexity index is 1220. The molecule has 0 aromatic carbocycles. The van der Waals surface area contributed by atoms with E-state index < -0.39 is 0 Å². The highest BCUT2D eigenvalue weighted by Gasteiger charge is 2.45. The number of aliphatic hydroxyl groups is 1. The molecule has 5 fully saturated rings. The first-order valence-corrected chi connectivity index (χ1v) is 13.8. The van der Waals surface area contributed by atoms with Crippen molar-refractivity contribution >= 4 is 11.7 Å². The molecule has 2 aromatic heterocycles. The van der Waals surface area contributed by atoms with E-state index in [1.54, 1.807) is 0 Å². The summed E-state index contributed by atoms with van der Waals surface area (Å²) in [6.07, 6.45) is 13.0. The molecule has 7 rings (SSSR count). The van der Waals surface area contributed by atoms with Gasteiger partial charge in [-0.1, -0.05) is 0 Å². The molecular weight excluding hydrogens is 452 g/mol. The Balaban J connectivity index is 1.19. The van der Waals surface area contributed by atoms with Gasteiger partial charge in [-0.3, -0.25) is 9.48 Å². The summed E-state index contributed by atoms with van der Waals surface area (Å²) in [5.74, 6) is 2.41. The van der Waals surface area contributed by atoms with Crippen molar-refractivity contribution in [2.75, 3.05) is 24.5 Å². The smallest absolute Gasteiger partial charge is 0.226 e. The molecule has 1 saturated heterocycles. The van der Waals surface area contributed by atoms with Crippen LogP contribution in [-0.2, 0) is 4.79 Å². The van der Waals surface area contributed by atoms with Crippen LogP contribution in [0.25, 0.3) is 11.1 Å². The molecule has 0 bridgehead atoms. The number of carbonyl (C=O) groups is 1. The Morgan fingerprint density at radius 1 is 1.08 bits per heavy atom. The second-order valence-corrected chi connectivity index (χ2v) is 11.7. The van der Waals surface area contributed by atoms with Crippen molar-refractivity contribution in [3.05, 3.63) is 29.7 Å². The number of nitriles is 1. The number of pyridine rings is 1. The highest BCUT2D eigenvalue weighted by atomic mass is 16.3. The van der Waals surface area contributed by atoms with Crippen LogP contribution < -0.4 is 4.90 Å². The Labute approximate surface area is 211 Å². The van der Waals surface area contributed by atoms with Gasteiger partial charge >= 0.3 is 0 Å². The van der Waals surface area contributed by atoms with Crippen molar-refractivity contribution in [3.63, 3.8) is 0 Å². The zero-order valence-corrected chi connectivity index (χ0v) is 20.7. The number of nitrogens with zero attached hydrogens (tertiary/aromatic N) is 6. The van der Waals surface area contributed by atoms with Crippen LogP contribution >= 0.6 is 0 Å². The number of piperazine rings is 1. The average molecular weight is 487 g/mol. The van der Waals surface area contributed by atoms with Gasteiger partial charge in [0, 0.05) is 48.8 Å². The van der Waals surface area contributed by atoms with Crippen LogP contribution in [0.4, 0.5) is 5.82 Å². The second kappa shape index (κ2) is 8.58. The number of carbonyl (C=O) groups excluding carboxylic acids is 1. The molecule has 4 saturated carbocycles. The number of rotatable bonds is 6. The van der Waals surface area contributed by atoms with Gasteiger partial charge in [-0.15, -0.1) is 0 Å². The molecule has 3 atom stereocenters. The third-order valence-corrected chi connectivity index (χ3v) is 8.87. The lowest BCUT2D eigenvalue weighted by Gasteiger charge is -2.43. The van der Waals surface area contributed by atoms with Crippen molar-refractivity contribution in [1.82, 2.24) is 19.7 Å². The normalized spacial score (nSPS) is 28.4. The number of hydrogen-bond acceptors (Lipinski definition) is 6. The molecule has 2 aromatic rings. The summed E-state index contributed by atoms with van der Waals surface area (Å²) in [5.41, 5.74) is 3.71. The van der Waals surface area contributed by atoms with E-state index in [1.165, 1.54) is 12.8 Å². The SMILES string of the molecule is N#Cc1cc(-c2cnn(C3CCC(O)C3)c2)c(C2CC2)nc1N1CCN(C(=O)C2CC2)C(C2CC2)C1. The first-order chi connectivity index (χ1) is 17.6. The van der Waals surface area contributed by atoms with E-state index in [2.05, 4.69) is 27.2 Å². The molecule has 3 unspecified atom stereocenters. The first-order valence-electron chi connectivity index (χ1n) is 13.8. The molecule has 0 spiro atoms. The topological polar surface area (TPSA) is 98.3 Å². The summed E-state index contributed by atoms with van der Waals surface area (Å²) in [6, 6.07) is 4.93. The van der Waals surface area contributed by atoms with E-state index >= 15 is 0 Å². The maximum atomic E-state index is 13.0. The van der Waals surface area contributed by atoms with E-state index in [-0.39, 0.29) is 24.1 Å². The zero-order chi connectivity index (χ0) is 24.4. The molecule has 8 nitrogen and oxygen atoms in total. The summed E-state index contributed by atoms with van der Waals surface area (Å²) < 4.78 is 1.98. The van der Waals surface area contributed by atoms with E-state index in [0.29, 0.717) is 23.3 Å². The van der Waals surface area contributed by atoms with Gasteiger partial charge in [-0.25, -0.2) is 4.98 Å². The number of hydrogen-bond donors (Lipinski definition) is 1. The maximum Gasteiger partial charge on any atom is 0.226 e. The Hall–Kier alpha value is -2.92. The van der Waals surface area contributed by atoms with Gasteiger partial charge in [0.1, 0.15) is 11.9 Å². The third-order valence-electron chi connectivity index (χ3n) is 8.87. The largest absolute Gasteiger partial charge is 0.393 e. The van der Waals surface area contributed by atoms with Crippen LogP contribution in [0, 0.1) is 23.2 Å². The standard InChI is InChI=1S/C28H34N6O2/c29-13-20-11-24(21-14-30-34(15-21)22-7-8-23(35)12-22)26(18-3-4-18)31-27(20)32-9-10-33(28(36)19-5-6-19)25(16-32)17-1-2-17/h11,14-15,17-19,22-23,25,35H,1-10,12,16H2. The van der Waals surface area contributed by atoms with Gasteiger partial charge < -0.3 is 14.9 Å². The molecule has 1 amide bonds. The van der Waals surface area contributed by atoms with Gasteiger partial charge in [0.15, 0.2) is 0 Å². The molecule has 4 aliphatic carbocycles. The summed E-state index contributed by atoms with van der Waals surface area (Å²) in [7, 11) is 0. The predicted octanol–water partition coefficient (Wildman–Crippen LogP) is 3.62. The van der Waals surface area contributed by atoms with Crippen LogP contribution in [0.2, 0.25) is 0 Å². The average Bonchev–Trinajstić information content (AvgIpc) is 3.78. The fourth-order valence-electron chi connectivity index (χ4n) is 6.32. The molecule has 1 N–H and O–H groups in total. The quantitative estimate of drug-likeness (QED) is 0.670. The Morgan fingerprint density at radius 2 is 1.92 bits per heavy atom. The molecule has 8 heteroatoms. The number of anilines is 1. The molecule has 36 heavy (non-hydrogen) atoms. The molecule has 3 heterocycles. The lowest BCUT2D eigenvalue weighted by molar-refractivity contribution is -0.135. The minimum Gasteiger partial charge on any atom is -0.393 e. The first kappa shape index (κ1) is 22.3. The number of aliphatic hydroxyl groups excluding tert-OH is 1. The summed E-state index contributed by atoms with van der Waals surface area (Å²) in [6.45, 7) is 2.23. The second-order valence-electron chi connectivity index (χ2n) is 11.7. The van der Waals surface area contributed by atoms with Crippen LogP contribution in [0.15, 0.2) is 18.5 Å². The minimum absolute atomic E-state index is 0.231. The van der Waals surface area contributed by atoms with Gasteiger partial charge in [0.05, 0.1) is 35.6 Å². The number of amides is 1. The summed E-state index contributed by atoms with van der Waals surface area (Å²) in [5, 5.41) is 24.7. The maximum absolute atomic E-state index is 13.0. The Morgan fingerprint density at radius 3 is 2.58 bits per heavy atom. The van der Waals surface area contributed by atoms with E-state index in [4.69, 9.17) is 4.98 Å².